The van der Waals surface area contributed by atoms with Crippen LogP contribution in [0.25, 0.3) is 0 Å². The zero-order chi connectivity index (χ0) is 19.5. The molecule has 1 heterocycles. The Bertz CT molecular complexity index is 532. The second-order valence-electron chi connectivity index (χ2n) is 8.33. The van der Waals surface area contributed by atoms with Crippen LogP contribution in [0.1, 0.15) is 66.2 Å². The third kappa shape index (κ3) is 4.80. The van der Waals surface area contributed by atoms with Gasteiger partial charge in [-0.3, -0.25) is 9.46 Å². The number of hydrogen-bond acceptors (Lipinski definition) is 5. The summed E-state index contributed by atoms with van der Waals surface area (Å²) < 4.78 is 30.4. The van der Waals surface area contributed by atoms with Crippen molar-refractivity contribution in [2.45, 2.75) is 83.8 Å². The molecule has 152 valence electrons. The molecular formula is C18H34NO6P. The quantitative estimate of drug-likeness (QED) is 0.621. The molecule has 2 aliphatic rings. The third-order valence-corrected chi connectivity index (χ3v) is 7.40. The number of rotatable bonds is 7. The zero-order valence-corrected chi connectivity index (χ0v) is 17.5. The molecule has 2 unspecified atom stereocenters. The lowest BCUT2D eigenvalue weighted by molar-refractivity contribution is -0.0557. The van der Waals surface area contributed by atoms with Crippen molar-refractivity contribution >= 4 is 13.7 Å². The van der Waals surface area contributed by atoms with Crippen LogP contribution in [0.3, 0.4) is 0 Å². The summed E-state index contributed by atoms with van der Waals surface area (Å²) in [5.74, 6) is -0.314. The van der Waals surface area contributed by atoms with E-state index in [0.29, 0.717) is 12.3 Å². The van der Waals surface area contributed by atoms with Crippen molar-refractivity contribution < 1.29 is 28.3 Å². The molecule has 26 heavy (non-hydrogen) atoms. The molecule has 0 aromatic rings. The van der Waals surface area contributed by atoms with E-state index in [1.54, 1.807) is 13.8 Å². The highest BCUT2D eigenvalue weighted by molar-refractivity contribution is 7.54. The van der Waals surface area contributed by atoms with Crippen LogP contribution in [-0.4, -0.2) is 47.4 Å². The Hall–Kier alpha value is -0.620. The molecule has 3 atom stereocenters. The van der Waals surface area contributed by atoms with Gasteiger partial charge in [-0.2, -0.15) is 0 Å². The Labute approximate surface area is 156 Å². The molecule has 0 radical (unpaired) electrons. The first-order chi connectivity index (χ1) is 12.1. The highest BCUT2D eigenvalue weighted by Crippen LogP contribution is 2.60. The summed E-state index contributed by atoms with van der Waals surface area (Å²) >= 11 is 0. The second-order valence-corrected chi connectivity index (χ2v) is 10.5. The fourth-order valence-electron chi connectivity index (χ4n) is 4.07. The average Bonchev–Trinajstić information content (AvgIpc) is 2.84. The average molecular weight is 391 g/mol. The van der Waals surface area contributed by atoms with Crippen molar-refractivity contribution in [3.63, 3.8) is 0 Å². The van der Waals surface area contributed by atoms with Crippen LogP contribution in [-0.2, 0) is 18.3 Å². The van der Waals surface area contributed by atoms with Crippen molar-refractivity contribution in [3.05, 3.63) is 0 Å². The standard InChI is InChI=1S/C18H34NO6P/c1-13(2)12-24-26(22,23-5)16-15(11-14-9-7-6-8-10-14)19(17(20)21)18(3,4)25-16/h13-16H,6-12H2,1-5H3,(H,20,21)/t15-,16?,26?/m0/s1. The van der Waals surface area contributed by atoms with E-state index < -0.39 is 31.3 Å². The number of carbonyl (C=O) groups is 1. The van der Waals surface area contributed by atoms with Crippen LogP contribution in [0.4, 0.5) is 4.79 Å². The molecular weight excluding hydrogens is 357 g/mol. The minimum Gasteiger partial charge on any atom is -0.465 e. The summed E-state index contributed by atoms with van der Waals surface area (Å²) in [4.78, 5) is 13.3. The Balaban J connectivity index is 2.30. The van der Waals surface area contributed by atoms with Gasteiger partial charge in [0.05, 0.1) is 12.6 Å². The largest absolute Gasteiger partial charge is 0.465 e. The number of carboxylic acid groups (broad SMARTS) is 1. The lowest BCUT2D eigenvalue weighted by atomic mass is 9.84. The van der Waals surface area contributed by atoms with E-state index in [1.807, 2.05) is 13.8 Å². The minimum atomic E-state index is -3.61. The molecule has 0 bridgehead atoms. The molecule has 2 rings (SSSR count). The molecule has 1 saturated carbocycles. The molecule has 1 aliphatic heterocycles. The van der Waals surface area contributed by atoms with Crippen molar-refractivity contribution in [1.82, 2.24) is 4.90 Å². The summed E-state index contributed by atoms with van der Waals surface area (Å²) in [5.41, 5.74) is -1.08. The Morgan fingerprint density at radius 2 is 1.92 bits per heavy atom. The predicted octanol–water partition coefficient (Wildman–Crippen LogP) is 4.91. The predicted molar refractivity (Wildman–Crippen MR) is 99.2 cm³/mol. The maximum Gasteiger partial charge on any atom is 0.409 e. The van der Waals surface area contributed by atoms with Gasteiger partial charge in [-0.25, -0.2) is 4.79 Å². The SMILES string of the molecule is COP(=O)(OCC(C)C)C1OC(C)(C)N(C(=O)O)[C@H]1CC1CCCCC1. The van der Waals surface area contributed by atoms with E-state index in [1.165, 1.54) is 18.4 Å². The second kappa shape index (κ2) is 8.59. The van der Waals surface area contributed by atoms with Crippen LogP contribution < -0.4 is 0 Å². The molecule has 0 aromatic heterocycles. The minimum absolute atomic E-state index is 0.181. The summed E-state index contributed by atoms with van der Waals surface area (Å²) in [7, 11) is -2.26. The van der Waals surface area contributed by atoms with Gasteiger partial charge < -0.3 is 18.9 Å². The highest BCUT2D eigenvalue weighted by Gasteiger charge is 2.58. The molecule has 1 aliphatic carbocycles. The summed E-state index contributed by atoms with van der Waals surface area (Å²) in [6.45, 7) is 7.58. The van der Waals surface area contributed by atoms with Crippen LogP contribution in [0.15, 0.2) is 0 Å². The fourth-order valence-corrected chi connectivity index (χ4v) is 6.10. The van der Waals surface area contributed by atoms with Gasteiger partial charge in [-0.05, 0) is 32.1 Å². The first-order valence-electron chi connectivity index (χ1n) is 9.61. The van der Waals surface area contributed by atoms with Gasteiger partial charge in [0.1, 0.15) is 5.72 Å². The van der Waals surface area contributed by atoms with E-state index in [2.05, 4.69) is 0 Å². The molecule has 1 saturated heterocycles. The van der Waals surface area contributed by atoms with E-state index in [4.69, 9.17) is 13.8 Å². The lowest BCUT2D eigenvalue weighted by Gasteiger charge is -2.34. The lowest BCUT2D eigenvalue weighted by Crippen LogP contribution is -2.48. The molecule has 1 amide bonds. The first kappa shape index (κ1) is 21.7. The molecule has 1 N–H and O–H groups in total. The molecule has 7 nitrogen and oxygen atoms in total. The van der Waals surface area contributed by atoms with Gasteiger partial charge in [-0.1, -0.05) is 46.0 Å². The van der Waals surface area contributed by atoms with Crippen LogP contribution in [0, 0.1) is 11.8 Å². The zero-order valence-electron chi connectivity index (χ0n) is 16.6. The Morgan fingerprint density at radius 3 is 2.42 bits per heavy atom. The topological polar surface area (TPSA) is 85.3 Å². The molecule has 0 spiro atoms. The van der Waals surface area contributed by atoms with Crippen LogP contribution >= 0.6 is 7.60 Å². The summed E-state index contributed by atoms with van der Waals surface area (Å²) in [5, 5.41) is 9.80. The highest BCUT2D eigenvalue weighted by atomic mass is 31.2. The van der Waals surface area contributed by atoms with Crippen LogP contribution in [0.5, 0.6) is 0 Å². The number of ether oxygens (including phenoxy) is 1. The fraction of sp³-hybridized carbons (Fsp3) is 0.944. The maximum atomic E-state index is 13.4. The van der Waals surface area contributed by atoms with Gasteiger partial charge in [0, 0.05) is 7.11 Å². The van der Waals surface area contributed by atoms with E-state index in [-0.39, 0.29) is 12.5 Å². The van der Waals surface area contributed by atoms with Gasteiger partial charge in [0.25, 0.3) is 0 Å². The van der Waals surface area contributed by atoms with Gasteiger partial charge in [-0.15, -0.1) is 0 Å². The molecule has 8 heteroatoms. The molecule has 2 fully saturated rings. The third-order valence-electron chi connectivity index (χ3n) is 5.31. The van der Waals surface area contributed by atoms with Crippen molar-refractivity contribution in [3.8, 4) is 0 Å². The Morgan fingerprint density at radius 1 is 1.31 bits per heavy atom. The normalized spacial score (nSPS) is 29.1. The number of nitrogens with zero attached hydrogens (tertiary/aromatic N) is 1. The summed E-state index contributed by atoms with van der Waals surface area (Å²) in [6.07, 6.45) is 5.24. The van der Waals surface area contributed by atoms with Gasteiger partial charge >= 0.3 is 13.7 Å². The number of amides is 1. The molecule has 0 aromatic carbocycles. The van der Waals surface area contributed by atoms with Gasteiger partial charge in [0.2, 0.25) is 0 Å². The van der Waals surface area contributed by atoms with E-state index >= 15 is 0 Å². The Kier molecular flexibility index (Phi) is 7.16. The van der Waals surface area contributed by atoms with Crippen molar-refractivity contribution in [2.75, 3.05) is 13.7 Å². The maximum absolute atomic E-state index is 13.4. The monoisotopic (exact) mass is 391 g/mol. The van der Waals surface area contributed by atoms with Crippen molar-refractivity contribution in [1.29, 1.82) is 0 Å². The van der Waals surface area contributed by atoms with E-state index in [9.17, 15) is 14.5 Å². The summed E-state index contributed by atoms with van der Waals surface area (Å²) in [6, 6.07) is -0.538. The number of hydrogen-bond donors (Lipinski definition) is 1. The van der Waals surface area contributed by atoms with Crippen molar-refractivity contribution in [2.24, 2.45) is 11.8 Å². The smallest absolute Gasteiger partial charge is 0.409 e. The first-order valence-corrected chi connectivity index (χ1v) is 11.2. The van der Waals surface area contributed by atoms with Gasteiger partial charge in [0.15, 0.2) is 5.85 Å². The van der Waals surface area contributed by atoms with Crippen LogP contribution in [0.2, 0.25) is 0 Å². The van der Waals surface area contributed by atoms with E-state index in [0.717, 1.165) is 25.7 Å².